The molecule has 0 aliphatic carbocycles. The Hall–Kier alpha value is -1.23. The molecule has 0 aliphatic heterocycles. The second-order valence-corrected chi connectivity index (χ2v) is 5.45. The maximum Gasteiger partial charge on any atom is 0.168 e. The van der Waals surface area contributed by atoms with Crippen LogP contribution in [0.15, 0.2) is 48.3 Å². The molecule has 0 radical (unpaired) electrons. The Bertz CT molecular complexity index is 551. The number of halogens is 1. The number of nitrogens with zero attached hydrogens (tertiary/aromatic N) is 2. The molecule has 19 heavy (non-hydrogen) atoms. The number of aliphatic hydroxyl groups excluding tert-OH is 1. The Morgan fingerprint density at radius 2 is 2.11 bits per heavy atom. The van der Waals surface area contributed by atoms with Crippen molar-refractivity contribution in [3.63, 3.8) is 0 Å². The molecule has 0 saturated carbocycles. The lowest BCUT2D eigenvalue weighted by Gasteiger charge is -2.06. The van der Waals surface area contributed by atoms with Crippen molar-refractivity contribution in [1.29, 1.82) is 0 Å². The number of hydrogen-bond donors (Lipinski definition) is 1. The van der Waals surface area contributed by atoms with E-state index in [0.29, 0.717) is 12.2 Å². The Balaban J connectivity index is 2.19. The first-order valence-electron chi connectivity index (χ1n) is 5.88. The average molecular weight is 295 g/mol. The predicted molar refractivity (Wildman–Crippen MR) is 79.6 cm³/mol. The number of benzene rings is 1. The van der Waals surface area contributed by atoms with Crippen LogP contribution in [0.4, 0.5) is 0 Å². The van der Waals surface area contributed by atoms with Crippen LogP contribution >= 0.6 is 23.4 Å². The molecule has 0 bridgehead atoms. The molecule has 0 atom stereocenters. The molecule has 1 aromatic heterocycles. The molecule has 3 nitrogen and oxygen atoms in total. The highest BCUT2D eigenvalue weighted by molar-refractivity contribution is 7.99. The van der Waals surface area contributed by atoms with Gasteiger partial charge in [-0.15, -0.1) is 6.58 Å². The zero-order chi connectivity index (χ0) is 13.7. The molecule has 0 fully saturated rings. The van der Waals surface area contributed by atoms with Gasteiger partial charge < -0.3 is 9.67 Å². The van der Waals surface area contributed by atoms with Crippen LogP contribution in [0, 0.1) is 0 Å². The minimum absolute atomic E-state index is 0.0464. The van der Waals surface area contributed by atoms with Crippen molar-refractivity contribution >= 4 is 23.4 Å². The summed E-state index contributed by atoms with van der Waals surface area (Å²) in [7, 11) is 0. The highest BCUT2D eigenvalue weighted by Gasteiger charge is 2.08. The smallest absolute Gasteiger partial charge is 0.168 e. The van der Waals surface area contributed by atoms with Crippen molar-refractivity contribution in [2.45, 2.75) is 18.3 Å². The van der Waals surface area contributed by atoms with Gasteiger partial charge in [-0.25, -0.2) is 4.98 Å². The van der Waals surface area contributed by atoms with Crippen molar-refractivity contribution < 1.29 is 5.11 Å². The van der Waals surface area contributed by atoms with E-state index in [1.807, 2.05) is 41.1 Å². The monoisotopic (exact) mass is 294 g/mol. The molecule has 2 aromatic rings. The normalized spacial score (nSPS) is 10.6. The Morgan fingerprint density at radius 3 is 2.74 bits per heavy atom. The zero-order valence-electron chi connectivity index (χ0n) is 10.4. The molecule has 5 heteroatoms. The summed E-state index contributed by atoms with van der Waals surface area (Å²) in [6.45, 7) is 4.37. The van der Waals surface area contributed by atoms with E-state index in [1.54, 1.807) is 11.8 Å². The van der Waals surface area contributed by atoms with Crippen LogP contribution in [0.5, 0.6) is 0 Å². The van der Waals surface area contributed by atoms with E-state index in [9.17, 15) is 5.11 Å². The van der Waals surface area contributed by atoms with Gasteiger partial charge in [0, 0.05) is 23.5 Å². The van der Waals surface area contributed by atoms with E-state index in [0.717, 1.165) is 21.5 Å². The maximum atomic E-state index is 9.18. The summed E-state index contributed by atoms with van der Waals surface area (Å²) < 4.78 is 2.03. The minimum atomic E-state index is -0.0464. The van der Waals surface area contributed by atoms with Gasteiger partial charge in [0.1, 0.15) is 0 Å². The molecule has 0 aliphatic rings. The predicted octanol–water partition coefficient (Wildman–Crippen LogP) is 3.36. The molecule has 0 amide bonds. The molecule has 1 heterocycles. The van der Waals surface area contributed by atoms with E-state index in [-0.39, 0.29) is 6.61 Å². The van der Waals surface area contributed by atoms with Crippen LogP contribution in [0.2, 0.25) is 5.02 Å². The number of aromatic nitrogens is 2. The summed E-state index contributed by atoms with van der Waals surface area (Å²) in [6, 6.07) is 7.72. The third-order valence-electron chi connectivity index (χ3n) is 2.55. The largest absolute Gasteiger partial charge is 0.390 e. The summed E-state index contributed by atoms with van der Waals surface area (Å²) in [5.74, 6) is 0.794. The lowest BCUT2D eigenvalue weighted by molar-refractivity contribution is 0.277. The van der Waals surface area contributed by atoms with Crippen LogP contribution in [0.1, 0.15) is 11.3 Å². The molecule has 2 rings (SSSR count). The standard InChI is InChI=1S/C14H15ClN2OS/c1-2-7-19-14-16-13(10-18)9-17(14)8-11-3-5-12(15)6-4-11/h2-6,9,18H,1,7-8,10H2. The van der Waals surface area contributed by atoms with Gasteiger partial charge in [-0.1, -0.05) is 41.6 Å². The van der Waals surface area contributed by atoms with Gasteiger partial charge in [0.2, 0.25) is 0 Å². The minimum Gasteiger partial charge on any atom is -0.390 e. The van der Waals surface area contributed by atoms with E-state index < -0.39 is 0 Å². The number of imidazole rings is 1. The lowest BCUT2D eigenvalue weighted by Crippen LogP contribution is -2.00. The first-order valence-corrected chi connectivity index (χ1v) is 7.24. The zero-order valence-corrected chi connectivity index (χ0v) is 12.0. The average Bonchev–Trinajstić information content (AvgIpc) is 2.81. The molecular formula is C14H15ClN2OS. The van der Waals surface area contributed by atoms with Gasteiger partial charge in [-0.05, 0) is 17.7 Å². The van der Waals surface area contributed by atoms with Crippen LogP contribution in [0.3, 0.4) is 0 Å². The van der Waals surface area contributed by atoms with E-state index >= 15 is 0 Å². The third-order valence-corrected chi connectivity index (χ3v) is 3.79. The van der Waals surface area contributed by atoms with Crippen LogP contribution < -0.4 is 0 Å². The Morgan fingerprint density at radius 1 is 1.37 bits per heavy atom. The van der Waals surface area contributed by atoms with E-state index in [1.165, 1.54) is 0 Å². The van der Waals surface area contributed by atoms with Gasteiger partial charge in [0.05, 0.1) is 12.3 Å². The van der Waals surface area contributed by atoms with Gasteiger partial charge in [0.15, 0.2) is 5.16 Å². The van der Waals surface area contributed by atoms with Crippen LogP contribution in [0.25, 0.3) is 0 Å². The molecule has 1 N–H and O–H groups in total. The third kappa shape index (κ3) is 3.86. The van der Waals surface area contributed by atoms with Crippen LogP contribution in [-0.2, 0) is 13.2 Å². The topological polar surface area (TPSA) is 38.1 Å². The first-order chi connectivity index (χ1) is 9.22. The fourth-order valence-corrected chi connectivity index (χ4v) is 2.53. The van der Waals surface area contributed by atoms with Crippen molar-refractivity contribution in [1.82, 2.24) is 9.55 Å². The first kappa shape index (κ1) is 14.2. The summed E-state index contributed by atoms with van der Waals surface area (Å²) in [5, 5.41) is 10.8. The molecule has 100 valence electrons. The van der Waals surface area contributed by atoms with Gasteiger partial charge >= 0.3 is 0 Å². The van der Waals surface area contributed by atoms with E-state index in [4.69, 9.17) is 11.6 Å². The number of thioether (sulfide) groups is 1. The van der Waals surface area contributed by atoms with Gasteiger partial charge in [0.25, 0.3) is 0 Å². The SMILES string of the molecule is C=CCSc1nc(CO)cn1Cc1ccc(Cl)cc1. The number of rotatable bonds is 6. The highest BCUT2D eigenvalue weighted by atomic mass is 35.5. The van der Waals surface area contributed by atoms with Gasteiger partial charge in [-0.2, -0.15) is 0 Å². The lowest BCUT2D eigenvalue weighted by atomic mass is 10.2. The summed E-state index contributed by atoms with van der Waals surface area (Å²) >= 11 is 7.48. The van der Waals surface area contributed by atoms with Crippen LogP contribution in [-0.4, -0.2) is 20.4 Å². The summed E-state index contributed by atoms with van der Waals surface area (Å²) in [5.41, 5.74) is 1.83. The molecule has 0 saturated heterocycles. The molecule has 1 aromatic carbocycles. The van der Waals surface area contributed by atoms with Crippen molar-refractivity contribution in [3.8, 4) is 0 Å². The van der Waals surface area contributed by atoms with Crippen molar-refractivity contribution in [2.24, 2.45) is 0 Å². The second-order valence-electron chi connectivity index (χ2n) is 4.03. The number of hydrogen-bond acceptors (Lipinski definition) is 3. The fraction of sp³-hybridized carbons (Fsp3) is 0.214. The molecular weight excluding hydrogens is 280 g/mol. The van der Waals surface area contributed by atoms with Crippen molar-refractivity contribution in [2.75, 3.05) is 5.75 Å². The summed E-state index contributed by atoms with van der Waals surface area (Å²) in [4.78, 5) is 4.38. The Labute approximate surface area is 121 Å². The summed E-state index contributed by atoms with van der Waals surface area (Å²) in [6.07, 6.45) is 3.71. The fourth-order valence-electron chi connectivity index (χ4n) is 1.68. The maximum absolute atomic E-state index is 9.18. The van der Waals surface area contributed by atoms with Gasteiger partial charge in [-0.3, -0.25) is 0 Å². The highest BCUT2D eigenvalue weighted by Crippen LogP contribution is 2.20. The van der Waals surface area contributed by atoms with E-state index in [2.05, 4.69) is 11.6 Å². The molecule has 0 spiro atoms. The second kappa shape index (κ2) is 6.80. The Kier molecular flexibility index (Phi) is 5.07. The quantitative estimate of drug-likeness (QED) is 0.656. The number of aliphatic hydroxyl groups is 1. The van der Waals surface area contributed by atoms with Crippen molar-refractivity contribution in [3.05, 3.63) is 59.4 Å². The molecule has 0 unspecified atom stereocenters.